The highest BCUT2D eigenvalue weighted by Gasteiger charge is 2.43. The van der Waals surface area contributed by atoms with E-state index < -0.39 is 23.8 Å². The van der Waals surface area contributed by atoms with Gasteiger partial charge < -0.3 is 19.5 Å². The van der Waals surface area contributed by atoms with Crippen LogP contribution < -0.4 is 5.32 Å². The molecule has 0 saturated carbocycles. The van der Waals surface area contributed by atoms with Gasteiger partial charge >= 0.3 is 6.09 Å². The van der Waals surface area contributed by atoms with Crippen LogP contribution in [-0.2, 0) is 14.3 Å². The third-order valence-electron chi connectivity index (χ3n) is 4.88. The molecule has 154 valence electrons. The molecule has 0 aromatic carbocycles. The van der Waals surface area contributed by atoms with E-state index >= 15 is 0 Å². The molecule has 2 fully saturated rings. The van der Waals surface area contributed by atoms with Crippen molar-refractivity contribution >= 4 is 23.7 Å². The second-order valence-electron chi connectivity index (χ2n) is 8.33. The number of hydrogen-bond donors (Lipinski definition) is 1. The fraction of sp³-hybridized carbons (Fsp3) is 0.684. The summed E-state index contributed by atoms with van der Waals surface area (Å²) >= 11 is 0. The normalized spacial score (nSPS) is 22.4. The van der Waals surface area contributed by atoms with Gasteiger partial charge in [-0.3, -0.25) is 14.5 Å². The monoisotopic (exact) mass is 392 g/mol. The second-order valence-corrected chi connectivity index (χ2v) is 8.33. The van der Waals surface area contributed by atoms with Gasteiger partial charge in [0.15, 0.2) is 5.82 Å². The topological polar surface area (TPSA) is 105 Å². The maximum atomic E-state index is 13.2. The second kappa shape index (κ2) is 7.81. The number of likely N-dealkylation sites (tertiary alicyclic amines) is 2. The molecule has 1 aromatic heterocycles. The summed E-state index contributed by atoms with van der Waals surface area (Å²) in [7, 11) is 0. The van der Waals surface area contributed by atoms with Crippen molar-refractivity contribution in [1.82, 2.24) is 15.0 Å². The summed E-state index contributed by atoms with van der Waals surface area (Å²) in [6.07, 6.45) is 2.14. The van der Waals surface area contributed by atoms with Crippen LogP contribution in [0.15, 0.2) is 10.6 Å². The first-order valence-electron chi connectivity index (χ1n) is 9.70. The highest BCUT2D eigenvalue weighted by Crippen LogP contribution is 2.27. The van der Waals surface area contributed by atoms with Gasteiger partial charge in [-0.1, -0.05) is 5.16 Å². The van der Waals surface area contributed by atoms with Gasteiger partial charge in [0.25, 0.3) is 0 Å². The standard InChI is InChI=1S/C19H28N4O5/c1-12-11-15(21-28-12)20-16(24)13-7-5-9-22(13)17(25)14-8-6-10-23(14)18(26)27-19(2,3)4/h11,13-14H,5-10H2,1-4H3,(H,20,21,24). The molecule has 0 radical (unpaired) electrons. The molecule has 28 heavy (non-hydrogen) atoms. The third kappa shape index (κ3) is 4.45. The van der Waals surface area contributed by atoms with Crippen LogP contribution in [0.3, 0.4) is 0 Å². The van der Waals surface area contributed by atoms with Gasteiger partial charge in [0.05, 0.1) is 0 Å². The van der Waals surface area contributed by atoms with E-state index in [2.05, 4.69) is 10.5 Å². The molecule has 0 spiro atoms. The number of amides is 3. The summed E-state index contributed by atoms with van der Waals surface area (Å²) in [6, 6.07) is 0.461. The van der Waals surface area contributed by atoms with Crippen LogP contribution in [-0.4, -0.2) is 63.6 Å². The maximum absolute atomic E-state index is 13.2. The zero-order valence-corrected chi connectivity index (χ0v) is 16.9. The Kier molecular flexibility index (Phi) is 5.62. The van der Waals surface area contributed by atoms with Crippen molar-refractivity contribution in [2.75, 3.05) is 18.4 Å². The first kappa shape index (κ1) is 20.2. The predicted octanol–water partition coefficient (Wildman–Crippen LogP) is 2.31. The van der Waals surface area contributed by atoms with Crippen LogP contribution in [0.5, 0.6) is 0 Å². The minimum absolute atomic E-state index is 0.197. The molecular formula is C19H28N4O5. The summed E-state index contributed by atoms with van der Waals surface area (Å²) in [5.74, 6) is 0.435. The van der Waals surface area contributed by atoms with E-state index in [1.165, 1.54) is 4.90 Å². The summed E-state index contributed by atoms with van der Waals surface area (Å²) in [4.78, 5) is 41.4. The molecule has 2 aliphatic heterocycles. The van der Waals surface area contributed by atoms with Gasteiger partial charge in [0.1, 0.15) is 23.4 Å². The first-order chi connectivity index (χ1) is 13.2. The van der Waals surface area contributed by atoms with E-state index in [-0.39, 0.29) is 11.8 Å². The first-order valence-corrected chi connectivity index (χ1v) is 9.70. The smallest absolute Gasteiger partial charge is 0.410 e. The number of hydrogen-bond acceptors (Lipinski definition) is 6. The Morgan fingerprint density at radius 1 is 1.14 bits per heavy atom. The van der Waals surface area contributed by atoms with Gasteiger partial charge in [-0.15, -0.1) is 0 Å². The number of rotatable bonds is 3. The Morgan fingerprint density at radius 2 is 1.79 bits per heavy atom. The fourth-order valence-electron chi connectivity index (χ4n) is 3.69. The predicted molar refractivity (Wildman–Crippen MR) is 101 cm³/mol. The molecule has 1 aromatic rings. The molecule has 0 bridgehead atoms. The maximum Gasteiger partial charge on any atom is 0.410 e. The molecule has 0 aliphatic carbocycles. The summed E-state index contributed by atoms with van der Waals surface area (Å²) < 4.78 is 10.4. The van der Waals surface area contributed by atoms with Crippen molar-refractivity contribution in [3.63, 3.8) is 0 Å². The van der Waals surface area contributed by atoms with Crippen LogP contribution in [0.1, 0.15) is 52.2 Å². The van der Waals surface area contributed by atoms with Gasteiger partial charge in [-0.05, 0) is 53.4 Å². The van der Waals surface area contributed by atoms with E-state index in [4.69, 9.17) is 9.26 Å². The number of anilines is 1. The van der Waals surface area contributed by atoms with Crippen molar-refractivity contribution in [2.24, 2.45) is 0 Å². The zero-order chi connectivity index (χ0) is 20.5. The number of carbonyl (C=O) groups excluding carboxylic acids is 3. The van der Waals surface area contributed by atoms with Gasteiger partial charge in [0.2, 0.25) is 11.8 Å². The molecule has 3 amide bonds. The Balaban J connectivity index is 1.67. The van der Waals surface area contributed by atoms with Gasteiger partial charge in [-0.2, -0.15) is 0 Å². The summed E-state index contributed by atoms with van der Waals surface area (Å²) in [5, 5.41) is 6.47. The molecule has 2 saturated heterocycles. The fourth-order valence-corrected chi connectivity index (χ4v) is 3.69. The van der Waals surface area contributed by atoms with Crippen LogP contribution >= 0.6 is 0 Å². The van der Waals surface area contributed by atoms with Crippen molar-refractivity contribution in [2.45, 2.75) is 71.1 Å². The Bertz CT molecular complexity index is 754. The molecule has 1 N–H and O–H groups in total. The summed E-state index contributed by atoms with van der Waals surface area (Å²) in [5.41, 5.74) is -0.626. The largest absolute Gasteiger partial charge is 0.444 e. The van der Waals surface area contributed by atoms with Crippen molar-refractivity contribution in [3.8, 4) is 0 Å². The van der Waals surface area contributed by atoms with Gasteiger partial charge in [0, 0.05) is 19.2 Å². The van der Waals surface area contributed by atoms with E-state index in [1.54, 1.807) is 38.7 Å². The van der Waals surface area contributed by atoms with Gasteiger partial charge in [-0.25, -0.2) is 4.79 Å². The lowest BCUT2D eigenvalue weighted by molar-refractivity contribution is -0.140. The third-order valence-corrected chi connectivity index (χ3v) is 4.88. The molecule has 3 rings (SSSR count). The molecule has 2 atom stereocenters. The lowest BCUT2D eigenvalue weighted by atomic mass is 10.1. The van der Waals surface area contributed by atoms with Crippen molar-refractivity contribution in [1.29, 1.82) is 0 Å². The number of nitrogens with zero attached hydrogens (tertiary/aromatic N) is 3. The van der Waals surface area contributed by atoms with E-state index in [1.807, 2.05) is 0 Å². The Labute approximate surface area is 164 Å². The van der Waals surface area contributed by atoms with E-state index in [0.717, 1.165) is 12.8 Å². The number of nitrogens with one attached hydrogen (secondary N) is 1. The molecule has 9 nitrogen and oxygen atoms in total. The molecular weight excluding hydrogens is 364 g/mol. The lowest BCUT2D eigenvalue weighted by Crippen LogP contribution is -2.52. The number of aryl methyl sites for hydroxylation is 1. The molecule has 3 heterocycles. The highest BCUT2D eigenvalue weighted by molar-refractivity contribution is 5.98. The lowest BCUT2D eigenvalue weighted by Gasteiger charge is -2.32. The molecule has 2 unspecified atom stereocenters. The Hall–Kier alpha value is -2.58. The number of ether oxygens (including phenoxy) is 1. The Morgan fingerprint density at radius 3 is 2.39 bits per heavy atom. The quantitative estimate of drug-likeness (QED) is 0.846. The minimum Gasteiger partial charge on any atom is -0.444 e. The van der Waals surface area contributed by atoms with Crippen LogP contribution in [0.25, 0.3) is 0 Å². The summed E-state index contributed by atoms with van der Waals surface area (Å²) in [6.45, 7) is 8.10. The molecule has 9 heteroatoms. The average Bonchev–Trinajstić information content (AvgIpc) is 3.32. The number of aromatic nitrogens is 1. The SMILES string of the molecule is Cc1cc(NC(=O)C2CCCN2C(=O)C2CCCN2C(=O)OC(C)(C)C)no1. The van der Waals surface area contributed by atoms with E-state index in [0.29, 0.717) is 37.5 Å². The van der Waals surface area contributed by atoms with Crippen LogP contribution in [0.4, 0.5) is 10.6 Å². The molecule has 2 aliphatic rings. The number of carbonyl (C=O) groups is 3. The highest BCUT2D eigenvalue weighted by atomic mass is 16.6. The van der Waals surface area contributed by atoms with E-state index in [9.17, 15) is 14.4 Å². The van der Waals surface area contributed by atoms with Crippen LogP contribution in [0.2, 0.25) is 0 Å². The van der Waals surface area contributed by atoms with Crippen molar-refractivity contribution in [3.05, 3.63) is 11.8 Å². The average molecular weight is 392 g/mol. The minimum atomic E-state index is -0.626. The zero-order valence-electron chi connectivity index (χ0n) is 16.9. The van der Waals surface area contributed by atoms with Crippen molar-refractivity contribution < 1.29 is 23.6 Å². The van der Waals surface area contributed by atoms with Crippen LogP contribution in [0, 0.1) is 6.92 Å².